The summed E-state index contributed by atoms with van der Waals surface area (Å²) in [4.78, 5) is 0.414. The molecule has 0 amide bonds. The molecule has 0 aliphatic heterocycles. The summed E-state index contributed by atoms with van der Waals surface area (Å²) < 4.78 is 24.5. The average Bonchev–Trinajstić information content (AvgIpc) is 2.13. The lowest BCUT2D eigenvalue weighted by Crippen LogP contribution is -2.21. The maximum Gasteiger partial charge on any atom is 0.240 e. The highest BCUT2D eigenvalue weighted by Gasteiger charge is 2.25. The molecule has 14 heavy (non-hydrogen) atoms. The van der Waals surface area contributed by atoms with Crippen LogP contribution < -0.4 is 16.4 Å². The standard InChI is InChI=1S/C7H7NO2S.ClH.H4N2/c1-8-11(9,10)7-4-5-2-3-6(5)7;;1-2/h2-4,8H,1H3;1H;1-2H2. The second kappa shape index (κ2) is 4.72. The Bertz CT molecular complexity index is 419. The maximum atomic E-state index is 11.1. The number of hydrazine groups is 1. The van der Waals surface area contributed by atoms with Gasteiger partial charge in [0.15, 0.2) is 0 Å². The number of sulfonamides is 1. The third kappa shape index (κ3) is 1.89. The van der Waals surface area contributed by atoms with E-state index in [1.165, 1.54) is 7.05 Å². The number of nitrogens with two attached hydrogens (primary N) is 2. The molecule has 7 heteroatoms. The summed E-state index contributed by atoms with van der Waals surface area (Å²) in [6.07, 6.45) is 0. The maximum absolute atomic E-state index is 11.1. The molecule has 0 unspecified atom stereocenters. The number of hydrogen-bond acceptors (Lipinski definition) is 4. The van der Waals surface area contributed by atoms with Gasteiger partial charge in [-0.3, -0.25) is 11.7 Å². The Labute approximate surface area is 88.9 Å². The number of nitrogens with one attached hydrogen (secondary N) is 1. The molecule has 5 N–H and O–H groups in total. The van der Waals surface area contributed by atoms with Crippen molar-refractivity contribution >= 4 is 22.4 Å². The summed E-state index contributed by atoms with van der Waals surface area (Å²) in [5.41, 5.74) is 1.90. The van der Waals surface area contributed by atoms with Crippen LogP contribution in [0.3, 0.4) is 0 Å². The number of halogens is 1. The van der Waals surface area contributed by atoms with E-state index in [4.69, 9.17) is 0 Å². The first-order chi connectivity index (χ1) is 6.15. The molecular weight excluding hydrogens is 226 g/mol. The summed E-state index contributed by atoms with van der Waals surface area (Å²) in [6.45, 7) is 0. The Morgan fingerprint density at radius 3 is 2.07 bits per heavy atom. The van der Waals surface area contributed by atoms with E-state index in [0.29, 0.717) is 4.90 Å². The van der Waals surface area contributed by atoms with Crippen LogP contribution in [0.5, 0.6) is 0 Å². The van der Waals surface area contributed by atoms with Gasteiger partial charge < -0.3 is 0 Å². The molecule has 5 nitrogen and oxygen atoms in total. The molecule has 0 spiro atoms. The fourth-order valence-electron chi connectivity index (χ4n) is 1.09. The fraction of sp³-hybridized carbons (Fsp3) is 0.143. The Hall–Kier alpha value is -0.660. The number of benzene rings is 1. The van der Waals surface area contributed by atoms with Gasteiger partial charge >= 0.3 is 0 Å². The van der Waals surface area contributed by atoms with E-state index in [1.807, 2.05) is 6.07 Å². The molecule has 2 rings (SSSR count). The molecule has 0 saturated heterocycles. The molecule has 80 valence electrons. The zero-order valence-corrected chi connectivity index (χ0v) is 9.15. The Morgan fingerprint density at radius 2 is 1.86 bits per heavy atom. The molecule has 0 heterocycles. The topological polar surface area (TPSA) is 98.2 Å². The van der Waals surface area contributed by atoms with Gasteiger partial charge in [0.05, 0.1) is 4.90 Å². The molecule has 0 aromatic carbocycles. The van der Waals surface area contributed by atoms with Crippen LogP contribution in [-0.4, -0.2) is 15.5 Å². The first kappa shape index (κ1) is 13.3. The van der Waals surface area contributed by atoms with Crippen molar-refractivity contribution in [1.82, 2.24) is 4.72 Å². The summed E-state index contributed by atoms with van der Waals surface area (Å²) >= 11 is 0. The van der Waals surface area contributed by atoms with Gasteiger partial charge in [-0.15, -0.1) is 12.4 Å². The van der Waals surface area contributed by atoms with Gasteiger partial charge in [-0.05, 0) is 18.7 Å². The van der Waals surface area contributed by atoms with Crippen molar-refractivity contribution in [1.29, 1.82) is 0 Å². The van der Waals surface area contributed by atoms with E-state index in [9.17, 15) is 8.42 Å². The minimum Gasteiger partial charge on any atom is -0.274 e. The lowest BCUT2D eigenvalue weighted by atomic mass is 9.94. The van der Waals surface area contributed by atoms with Gasteiger partial charge in [0.1, 0.15) is 0 Å². The third-order valence-electron chi connectivity index (χ3n) is 1.85. The predicted molar refractivity (Wildman–Crippen MR) is 57.3 cm³/mol. The summed E-state index contributed by atoms with van der Waals surface area (Å²) in [6, 6.07) is 5.37. The van der Waals surface area contributed by atoms with Crippen LogP contribution in [0.15, 0.2) is 23.1 Å². The molecule has 0 bridgehead atoms. The van der Waals surface area contributed by atoms with E-state index in [2.05, 4.69) is 16.4 Å². The first-order valence-corrected chi connectivity index (χ1v) is 5.05. The second-order valence-electron chi connectivity index (χ2n) is 2.42. The predicted octanol–water partition coefficient (Wildman–Crippen LogP) is -0.184. The van der Waals surface area contributed by atoms with Crippen molar-refractivity contribution in [3.63, 3.8) is 0 Å². The summed E-state index contributed by atoms with van der Waals surface area (Å²) in [5.74, 6) is 8.00. The highest BCUT2D eigenvalue weighted by Crippen LogP contribution is 2.39. The number of fused-ring (bicyclic) bond motifs is 1. The van der Waals surface area contributed by atoms with Crippen LogP contribution >= 0.6 is 12.4 Å². The average molecular weight is 238 g/mol. The highest BCUT2D eigenvalue weighted by atomic mass is 35.5. The Kier molecular flexibility index (Phi) is 4.50. The summed E-state index contributed by atoms with van der Waals surface area (Å²) in [5, 5.41) is 0. The quantitative estimate of drug-likeness (QED) is 0.498. The molecule has 0 aromatic rings. The van der Waals surface area contributed by atoms with Crippen LogP contribution in [0, 0.1) is 0 Å². The van der Waals surface area contributed by atoms with Crippen molar-refractivity contribution in [3.05, 3.63) is 18.2 Å². The molecule has 2 aliphatic rings. The van der Waals surface area contributed by atoms with Crippen molar-refractivity contribution in [2.45, 2.75) is 4.90 Å². The molecule has 0 radical (unpaired) electrons. The molecule has 0 saturated carbocycles. The van der Waals surface area contributed by atoms with Crippen LogP contribution in [0.25, 0.3) is 11.1 Å². The highest BCUT2D eigenvalue weighted by molar-refractivity contribution is 7.89. The van der Waals surface area contributed by atoms with Crippen molar-refractivity contribution in [2.75, 3.05) is 7.05 Å². The SMILES string of the molecule is CNS(=O)(=O)c1cc2ccc1-2.Cl.NN. The van der Waals surface area contributed by atoms with Crippen LogP contribution in [0.1, 0.15) is 0 Å². The van der Waals surface area contributed by atoms with E-state index in [0.717, 1.165) is 11.1 Å². The lowest BCUT2D eigenvalue weighted by molar-refractivity contribution is 0.588. The van der Waals surface area contributed by atoms with E-state index < -0.39 is 10.0 Å². The molecule has 0 aromatic heterocycles. The van der Waals surface area contributed by atoms with Crippen LogP contribution in [0.2, 0.25) is 0 Å². The third-order valence-corrected chi connectivity index (χ3v) is 3.31. The zero-order chi connectivity index (χ0) is 10.1. The monoisotopic (exact) mass is 237 g/mol. The zero-order valence-electron chi connectivity index (χ0n) is 7.52. The van der Waals surface area contributed by atoms with Gasteiger partial charge in [0, 0.05) is 5.56 Å². The van der Waals surface area contributed by atoms with Crippen molar-refractivity contribution in [3.8, 4) is 11.1 Å². The lowest BCUT2D eigenvalue weighted by Gasteiger charge is -2.19. The van der Waals surface area contributed by atoms with E-state index in [-0.39, 0.29) is 12.4 Å². The van der Waals surface area contributed by atoms with E-state index in [1.54, 1.807) is 12.1 Å². The minimum absolute atomic E-state index is 0. The Morgan fingerprint density at radius 1 is 1.29 bits per heavy atom. The number of hydrogen-bond donors (Lipinski definition) is 3. The minimum atomic E-state index is -3.19. The molecule has 0 fully saturated rings. The molecule has 0 atom stereocenters. The Balaban J connectivity index is 0.000000531. The van der Waals surface area contributed by atoms with Crippen molar-refractivity contribution < 1.29 is 8.42 Å². The fourth-order valence-corrected chi connectivity index (χ4v) is 2.06. The molecular formula is C7H12ClN3O2S. The molecule has 2 aliphatic carbocycles. The van der Waals surface area contributed by atoms with Gasteiger partial charge in [0.25, 0.3) is 0 Å². The van der Waals surface area contributed by atoms with Gasteiger partial charge in [-0.1, -0.05) is 12.1 Å². The van der Waals surface area contributed by atoms with Crippen LogP contribution in [0.4, 0.5) is 0 Å². The number of rotatable bonds is 2. The van der Waals surface area contributed by atoms with Gasteiger partial charge in [0.2, 0.25) is 10.0 Å². The van der Waals surface area contributed by atoms with Crippen LogP contribution in [-0.2, 0) is 10.0 Å². The second-order valence-corrected chi connectivity index (χ2v) is 4.27. The van der Waals surface area contributed by atoms with Gasteiger partial charge in [-0.25, -0.2) is 13.1 Å². The first-order valence-electron chi connectivity index (χ1n) is 3.56. The van der Waals surface area contributed by atoms with Gasteiger partial charge in [-0.2, -0.15) is 0 Å². The normalized spacial score (nSPS) is 10.8. The van der Waals surface area contributed by atoms with E-state index >= 15 is 0 Å². The van der Waals surface area contributed by atoms with Crippen molar-refractivity contribution in [2.24, 2.45) is 11.7 Å². The summed E-state index contributed by atoms with van der Waals surface area (Å²) in [7, 11) is -1.78. The largest absolute Gasteiger partial charge is 0.274 e. The smallest absolute Gasteiger partial charge is 0.240 e.